The summed E-state index contributed by atoms with van der Waals surface area (Å²) in [5, 5.41) is 8.90. The number of nitrogens with zero attached hydrogens (tertiary/aromatic N) is 1. The Morgan fingerprint density at radius 1 is 1.27 bits per heavy atom. The first-order chi connectivity index (χ1) is 10.5. The van der Waals surface area contributed by atoms with Gasteiger partial charge in [-0.05, 0) is 36.2 Å². The fourth-order valence-electron chi connectivity index (χ4n) is 1.93. The zero-order valence-corrected chi connectivity index (χ0v) is 12.3. The van der Waals surface area contributed by atoms with Gasteiger partial charge in [-0.15, -0.1) is 0 Å². The van der Waals surface area contributed by atoms with E-state index in [-0.39, 0.29) is 27.6 Å². The zero-order valence-electron chi connectivity index (χ0n) is 11.5. The number of rotatable bonds is 4. The van der Waals surface area contributed by atoms with Crippen LogP contribution in [0.1, 0.15) is 30.0 Å². The van der Waals surface area contributed by atoms with Gasteiger partial charge >= 0.3 is 0 Å². The lowest BCUT2D eigenvalue weighted by molar-refractivity contribution is 0.151. The van der Waals surface area contributed by atoms with E-state index in [0.29, 0.717) is 12.0 Å². The molecule has 2 rings (SSSR count). The molecule has 0 aliphatic carbocycles. The topological polar surface area (TPSA) is 33.0 Å². The molecular formula is C16H11ClF3NO. The van der Waals surface area contributed by atoms with Gasteiger partial charge in [0.2, 0.25) is 0 Å². The molecule has 2 nitrogen and oxygen atoms in total. The van der Waals surface area contributed by atoms with Gasteiger partial charge in [0.15, 0.2) is 11.6 Å². The molecule has 2 aromatic rings. The maximum atomic E-state index is 14.2. The highest BCUT2D eigenvalue weighted by Gasteiger charge is 2.16. The van der Waals surface area contributed by atoms with E-state index in [0.717, 1.165) is 12.1 Å². The van der Waals surface area contributed by atoms with Crippen molar-refractivity contribution >= 4 is 11.6 Å². The lowest BCUT2D eigenvalue weighted by Gasteiger charge is -2.12. The summed E-state index contributed by atoms with van der Waals surface area (Å²) in [6, 6.07) is 8.12. The number of benzene rings is 2. The summed E-state index contributed by atoms with van der Waals surface area (Å²) in [5.74, 6) is -0.948. The van der Waals surface area contributed by atoms with Gasteiger partial charge in [0.25, 0.3) is 6.43 Å². The smallest absolute Gasteiger partial charge is 0.264 e. The number of ether oxygens (including phenoxy) is 1. The molecule has 0 atom stereocenters. The van der Waals surface area contributed by atoms with E-state index in [9.17, 15) is 13.2 Å². The third-order valence-corrected chi connectivity index (χ3v) is 3.34. The van der Waals surface area contributed by atoms with Crippen molar-refractivity contribution in [3.05, 3.63) is 57.9 Å². The molecule has 0 N–H and O–H groups in total. The highest BCUT2D eigenvalue weighted by atomic mass is 35.5. The van der Waals surface area contributed by atoms with Crippen molar-refractivity contribution in [1.82, 2.24) is 0 Å². The van der Waals surface area contributed by atoms with Crippen molar-refractivity contribution in [3.8, 4) is 17.6 Å². The summed E-state index contributed by atoms with van der Waals surface area (Å²) in [6.07, 6.45) is -2.34. The van der Waals surface area contributed by atoms with Crippen LogP contribution in [0.3, 0.4) is 0 Å². The van der Waals surface area contributed by atoms with Gasteiger partial charge in [-0.1, -0.05) is 24.6 Å². The molecule has 0 spiro atoms. The molecule has 0 heterocycles. The molecule has 114 valence electrons. The third kappa shape index (κ3) is 3.34. The second-order valence-electron chi connectivity index (χ2n) is 4.51. The Morgan fingerprint density at radius 2 is 2.00 bits per heavy atom. The van der Waals surface area contributed by atoms with Crippen LogP contribution in [0.4, 0.5) is 13.2 Å². The van der Waals surface area contributed by atoms with E-state index in [1.54, 1.807) is 13.0 Å². The molecule has 0 bridgehead atoms. The monoisotopic (exact) mass is 325 g/mol. The van der Waals surface area contributed by atoms with Gasteiger partial charge in [0.1, 0.15) is 5.75 Å². The van der Waals surface area contributed by atoms with Gasteiger partial charge in [-0.2, -0.15) is 5.26 Å². The van der Waals surface area contributed by atoms with Crippen LogP contribution in [0.25, 0.3) is 0 Å². The minimum atomic E-state index is -2.77. The van der Waals surface area contributed by atoms with E-state index in [4.69, 9.17) is 21.6 Å². The van der Waals surface area contributed by atoms with Gasteiger partial charge in [-0.3, -0.25) is 0 Å². The third-order valence-electron chi connectivity index (χ3n) is 3.04. The lowest BCUT2D eigenvalue weighted by Crippen LogP contribution is -1.96. The fourth-order valence-corrected chi connectivity index (χ4v) is 2.11. The second-order valence-corrected chi connectivity index (χ2v) is 4.92. The molecule has 22 heavy (non-hydrogen) atoms. The number of aryl methyl sites for hydroxylation is 1. The van der Waals surface area contributed by atoms with Crippen molar-refractivity contribution in [2.24, 2.45) is 0 Å². The van der Waals surface area contributed by atoms with Crippen molar-refractivity contribution in [1.29, 1.82) is 5.26 Å². The molecule has 6 heteroatoms. The highest BCUT2D eigenvalue weighted by Crippen LogP contribution is 2.35. The maximum Gasteiger partial charge on any atom is 0.264 e. The van der Waals surface area contributed by atoms with Crippen molar-refractivity contribution < 1.29 is 17.9 Å². The quantitative estimate of drug-likeness (QED) is 0.728. The number of nitriles is 1. The summed E-state index contributed by atoms with van der Waals surface area (Å²) in [5.41, 5.74) is 0.0122. The first-order valence-corrected chi connectivity index (χ1v) is 6.82. The van der Waals surface area contributed by atoms with Crippen molar-refractivity contribution in [3.63, 3.8) is 0 Å². The summed E-state index contributed by atoms with van der Waals surface area (Å²) >= 11 is 5.91. The minimum Gasteiger partial charge on any atom is -0.453 e. The van der Waals surface area contributed by atoms with Crippen LogP contribution in [-0.4, -0.2) is 0 Å². The normalized spacial score (nSPS) is 10.6. The molecule has 0 aliphatic rings. The second kappa shape index (κ2) is 6.71. The molecule has 0 aromatic heterocycles. The number of hydrogen-bond acceptors (Lipinski definition) is 2. The molecule has 0 saturated carbocycles. The zero-order chi connectivity index (χ0) is 16.3. The van der Waals surface area contributed by atoms with Crippen LogP contribution in [0, 0.1) is 17.1 Å². The predicted molar refractivity (Wildman–Crippen MR) is 77.0 cm³/mol. The van der Waals surface area contributed by atoms with E-state index >= 15 is 0 Å². The number of halogens is 4. The SMILES string of the molecule is CCc1ccc(Cl)c(Oc2cc(C#N)cc(C(F)F)c2)c1F. The van der Waals surface area contributed by atoms with Crippen LogP contribution < -0.4 is 4.74 Å². The Morgan fingerprint density at radius 3 is 2.59 bits per heavy atom. The Kier molecular flexibility index (Phi) is 4.94. The van der Waals surface area contributed by atoms with Gasteiger partial charge in [-0.25, -0.2) is 13.2 Å². The van der Waals surface area contributed by atoms with Gasteiger partial charge in [0.05, 0.1) is 16.7 Å². The largest absolute Gasteiger partial charge is 0.453 e. The predicted octanol–water partition coefficient (Wildman–Crippen LogP) is 5.64. The van der Waals surface area contributed by atoms with Crippen LogP contribution in [0.5, 0.6) is 11.5 Å². The highest BCUT2D eigenvalue weighted by molar-refractivity contribution is 6.32. The summed E-state index contributed by atoms with van der Waals surface area (Å²) in [6.45, 7) is 1.77. The van der Waals surface area contributed by atoms with E-state index in [2.05, 4.69) is 0 Å². The number of hydrogen-bond donors (Lipinski definition) is 0. The Labute approximate surface area is 130 Å². The molecule has 0 saturated heterocycles. The average molecular weight is 326 g/mol. The molecule has 0 unspecified atom stereocenters. The van der Waals surface area contributed by atoms with Crippen LogP contribution in [-0.2, 0) is 6.42 Å². The van der Waals surface area contributed by atoms with Crippen LogP contribution in [0.15, 0.2) is 30.3 Å². The van der Waals surface area contributed by atoms with Crippen LogP contribution in [0.2, 0.25) is 5.02 Å². The lowest BCUT2D eigenvalue weighted by atomic mass is 10.1. The summed E-state index contributed by atoms with van der Waals surface area (Å²) < 4.78 is 45.2. The average Bonchev–Trinajstić information content (AvgIpc) is 2.51. The molecule has 0 aliphatic heterocycles. The van der Waals surface area contributed by atoms with E-state index in [1.807, 2.05) is 0 Å². The van der Waals surface area contributed by atoms with Gasteiger partial charge < -0.3 is 4.74 Å². The van der Waals surface area contributed by atoms with Crippen molar-refractivity contribution in [2.75, 3.05) is 0 Å². The van der Waals surface area contributed by atoms with E-state index in [1.165, 1.54) is 18.2 Å². The van der Waals surface area contributed by atoms with Gasteiger partial charge in [0, 0.05) is 5.56 Å². The first-order valence-electron chi connectivity index (χ1n) is 6.44. The molecule has 0 fully saturated rings. The first kappa shape index (κ1) is 16.2. The van der Waals surface area contributed by atoms with Crippen molar-refractivity contribution in [2.45, 2.75) is 19.8 Å². The standard InChI is InChI=1S/C16H11ClF3NO/c1-2-10-3-4-13(17)15(14(10)18)22-12-6-9(8-21)5-11(7-12)16(19)20/h3-7,16H,2H2,1H3. The summed E-state index contributed by atoms with van der Waals surface area (Å²) in [4.78, 5) is 0. The fraction of sp³-hybridized carbons (Fsp3) is 0.188. The molecular weight excluding hydrogens is 315 g/mol. The Bertz CT molecular complexity index is 741. The minimum absolute atomic E-state index is 0.00373. The Hall–Kier alpha value is -2.19. The Balaban J connectivity index is 2.47. The molecule has 2 aromatic carbocycles. The molecule has 0 radical (unpaired) electrons. The van der Waals surface area contributed by atoms with E-state index < -0.39 is 12.2 Å². The molecule has 0 amide bonds. The number of alkyl halides is 2. The van der Waals surface area contributed by atoms with Crippen LogP contribution >= 0.6 is 11.6 Å². The summed E-state index contributed by atoms with van der Waals surface area (Å²) in [7, 11) is 0. The maximum absolute atomic E-state index is 14.2.